The SMILES string of the molecule is COc1cc2c(cc1OC)-c1cc(Nc3cc(C)ccc3C)nc(=O)n1CC2. The summed E-state index contributed by atoms with van der Waals surface area (Å²) in [4.78, 5) is 16.9. The van der Waals surface area contributed by atoms with Gasteiger partial charge in [-0.15, -0.1) is 0 Å². The third-order valence-corrected chi connectivity index (χ3v) is 5.16. The topological polar surface area (TPSA) is 65.4 Å². The van der Waals surface area contributed by atoms with Crippen molar-refractivity contribution in [3.8, 4) is 22.8 Å². The molecule has 0 atom stereocenters. The van der Waals surface area contributed by atoms with Gasteiger partial charge in [-0.2, -0.15) is 4.98 Å². The predicted molar refractivity (Wildman–Crippen MR) is 110 cm³/mol. The first-order valence-corrected chi connectivity index (χ1v) is 9.21. The smallest absolute Gasteiger partial charge is 0.350 e. The standard InChI is InChI=1S/C22H23N3O3/c1-13-5-6-14(2)17(9-13)23-21-12-18-16-11-20(28-4)19(27-3)10-15(16)7-8-25(18)22(26)24-21/h5-6,9-12H,7-8H2,1-4H3,(H,23,24,26). The second kappa shape index (κ2) is 7.03. The van der Waals surface area contributed by atoms with Gasteiger partial charge in [0.2, 0.25) is 0 Å². The van der Waals surface area contributed by atoms with Gasteiger partial charge in [-0.3, -0.25) is 4.57 Å². The van der Waals surface area contributed by atoms with Gasteiger partial charge in [0.25, 0.3) is 0 Å². The Morgan fingerprint density at radius 2 is 1.79 bits per heavy atom. The maximum absolute atomic E-state index is 12.7. The molecular weight excluding hydrogens is 354 g/mol. The molecule has 0 amide bonds. The number of aromatic nitrogens is 2. The Morgan fingerprint density at radius 3 is 2.54 bits per heavy atom. The quantitative estimate of drug-likeness (QED) is 0.748. The van der Waals surface area contributed by atoms with Crippen molar-refractivity contribution in [1.82, 2.24) is 9.55 Å². The van der Waals surface area contributed by atoms with E-state index in [1.807, 2.05) is 32.0 Å². The molecule has 0 radical (unpaired) electrons. The fraction of sp³-hybridized carbons (Fsp3) is 0.273. The van der Waals surface area contributed by atoms with Crippen LogP contribution in [0.4, 0.5) is 11.5 Å². The summed E-state index contributed by atoms with van der Waals surface area (Å²) in [6, 6.07) is 12.0. The number of nitrogens with zero attached hydrogens (tertiary/aromatic N) is 2. The van der Waals surface area contributed by atoms with Crippen molar-refractivity contribution in [2.45, 2.75) is 26.8 Å². The van der Waals surface area contributed by atoms with Gasteiger partial charge in [-0.05, 0) is 55.2 Å². The molecule has 6 nitrogen and oxygen atoms in total. The minimum Gasteiger partial charge on any atom is -0.493 e. The van der Waals surface area contributed by atoms with Gasteiger partial charge in [0, 0.05) is 23.9 Å². The zero-order valence-electron chi connectivity index (χ0n) is 16.5. The molecule has 1 aliphatic heterocycles. The minimum atomic E-state index is -0.259. The normalized spacial score (nSPS) is 12.1. The second-order valence-electron chi connectivity index (χ2n) is 7.02. The summed E-state index contributed by atoms with van der Waals surface area (Å²) < 4.78 is 12.6. The van der Waals surface area contributed by atoms with E-state index >= 15 is 0 Å². The third kappa shape index (κ3) is 3.11. The minimum absolute atomic E-state index is 0.259. The van der Waals surface area contributed by atoms with Crippen LogP contribution in [0.1, 0.15) is 16.7 Å². The number of hydrogen-bond acceptors (Lipinski definition) is 5. The molecule has 0 bridgehead atoms. The highest BCUT2D eigenvalue weighted by molar-refractivity contribution is 5.73. The van der Waals surface area contributed by atoms with E-state index in [2.05, 4.69) is 28.5 Å². The molecule has 0 unspecified atom stereocenters. The number of ether oxygens (including phenoxy) is 2. The fourth-order valence-corrected chi connectivity index (χ4v) is 3.62. The molecule has 2 heterocycles. The van der Waals surface area contributed by atoms with Crippen molar-refractivity contribution in [3.05, 3.63) is 63.6 Å². The molecule has 0 saturated heterocycles. The highest BCUT2D eigenvalue weighted by Crippen LogP contribution is 2.38. The van der Waals surface area contributed by atoms with E-state index in [1.54, 1.807) is 18.8 Å². The average Bonchev–Trinajstić information content (AvgIpc) is 2.69. The first-order valence-electron chi connectivity index (χ1n) is 9.21. The molecule has 0 aliphatic carbocycles. The summed E-state index contributed by atoms with van der Waals surface area (Å²) in [7, 11) is 3.24. The van der Waals surface area contributed by atoms with E-state index in [0.29, 0.717) is 23.9 Å². The van der Waals surface area contributed by atoms with Gasteiger partial charge >= 0.3 is 5.69 Å². The summed E-state index contributed by atoms with van der Waals surface area (Å²) in [5.41, 5.74) is 5.84. The lowest BCUT2D eigenvalue weighted by molar-refractivity contribution is 0.354. The van der Waals surface area contributed by atoms with E-state index in [4.69, 9.17) is 9.47 Å². The Bertz CT molecular complexity index is 1120. The second-order valence-corrected chi connectivity index (χ2v) is 7.02. The largest absolute Gasteiger partial charge is 0.493 e. The molecule has 2 aromatic carbocycles. The number of rotatable bonds is 4. The highest BCUT2D eigenvalue weighted by Gasteiger charge is 2.21. The van der Waals surface area contributed by atoms with Crippen molar-refractivity contribution in [2.24, 2.45) is 0 Å². The monoisotopic (exact) mass is 377 g/mol. The van der Waals surface area contributed by atoms with Crippen LogP contribution in [-0.4, -0.2) is 23.8 Å². The molecule has 1 N–H and O–H groups in total. The van der Waals surface area contributed by atoms with E-state index in [9.17, 15) is 4.79 Å². The predicted octanol–water partition coefficient (Wildman–Crippen LogP) is 3.84. The lowest BCUT2D eigenvalue weighted by Crippen LogP contribution is -2.28. The summed E-state index contributed by atoms with van der Waals surface area (Å²) >= 11 is 0. The van der Waals surface area contributed by atoms with Crippen LogP contribution in [0, 0.1) is 13.8 Å². The zero-order valence-corrected chi connectivity index (χ0v) is 16.5. The Labute approximate surface area is 163 Å². The van der Waals surface area contributed by atoms with Crippen LogP contribution in [0.5, 0.6) is 11.5 Å². The molecule has 4 rings (SSSR count). The lowest BCUT2D eigenvalue weighted by Gasteiger charge is -2.23. The number of aryl methyl sites for hydroxylation is 3. The molecule has 0 spiro atoms. The molecule has 1 aromatic heterocycles. The maximum atomic E-state index is 12.7. The number of benzene rings is 2. The molecule has 6 heteroatoms. The summed E-state index contributed by atoms with van der Waals surface area (Å²) in [6.45, 7) is 4.66. The van der Waals surface area contributed by atoms with Crippen LogP contribution in [0.2, 0.25) is 0 Å². The lowest BCUT2D eigenvalue weighted by atomic mass is 9.97. The molecule has 1 aliphatic rings. The van der Waals surface area contributed by atoms with Crippen molar-refractivity contribution >= 4 is 11.5 Å². The van der Waals surface area contributed by atoms with Crippen molar-refractivity contribution in [3.63, 3.8) is 0 Å². The maximum Gasteiger partial charge on any atom is 0.350 e. The van der Waals surface area contributed by atoms with Crippen LogP contribution in [0.25, 0.3) is 11.3 Å². The number of hydrogen-bond donors (Lipinski definition) is 1. The van der Waals surface area contributed by atoms with Crippen molar-refractivity contribution in [1.29, 1.82) is 0 Å². The number of anilines is 2. The highest BCUT2D eigenvalue weighted by atomic mass is 16.5. The van der Waals surface area contributed by atoms with Crippen LogP contribution < -0.4 is 20.5 Å². The van der Waals surface area contributed by atoms with Gasteiger partial charge in [0.1, 0.15) is 5.82 Å². The molecule has 0 saturated carbocycles. The van der Waals surface area contributed by atoms with Gasteiger partial charge in [-0.1, -0.05) is 12.1 Å². The van der Waals surface area contributed by atoms with Gasteiger partial charge in [0.05, 0.1) is 19.9 Å². The van der Waals surface area contributed by atoms with E-state index in [0.717, 1.165) is 40.1 Å². The Hall–Kier alpha value is -3.28. The molecule has 3 aromatic rings. The van der Waals surface area contributed by atoms with Gasteiger partial charge in [-0.25, -0.2) is 4.79 Å². The van der Waals surface area contributed by atoms with Crippen molar-refractivity contribution < 1.29 is 9.47 Å². The Kier molecular flexibility index (Phi) is 4.55. The van der Waals surface area contributed by atoms with Crippen LogP contribution >= 0.6 is 0 Å². The molecule has 0 fully saturated rings. The summed E-state index contributed by atoms with van der Waals surface area (Å²) in [6.07, 6.45) is 0.744. The van der Waals surface area contributed by atoms with E-state index < -0.39 is 0 Å². The van der Waals surface area contributed by atoms with Crippen LogP contribution in [-0.2, 0) is 13.0 Å². The van der Waals surface area contributed by atoms with Crippen LogP contribution in [0.15, 0.2) is 41.2 Å². The first-order chi connectivity index (χ1) is 13.5. The number of methoxy groups -OCH3 is 2. The Morgan fingerprint density at radius 1 is 1.04 bits per heavy atom. The fourth-order valence-electron chi connectivity index (χ4n) is 3.62. The zero-order chi connectivity index (χ0) is 19.8. The number of nitrogens with one attached hydrogen (secondary N) is 1. The van der Waals surface area contributed by atoms with Gasteiger partial charge < -0.3 is 14.8 Å². The molecular formula is C22H23N3O3. The first kappa shape index (κ1) is 18.1. The summed E-state index contributed by atoms with van der Waals surface area (Å²) in [5.74, 6) is 1.87. The van der Waals surface area contributed by atoms with Gasteiger partial charge in [0.15, 0.2) is 11.5 Å². The van der Waals surface area contributed by atoms with Crippen molar-refractivity contribution in [2.75, 3.05) is 19.5 Å². The Balaban J connectivity index is 1.83. The average molecular weight is 377 g/mol. The van der Waals surface area contributed by atoms with E-state index in [1.165, 1.54) is 0 Å². The number of fused-ring (bicyclic) bond motifs is 3. The summed E-state index contributed by atoms with van der Waals surface area (Å²) in [5, 5.41) is 3.31. The molecule has 144 valence electrons. The van der Waals surface area contributed by atoms with E-state index in [-0.39, 0.29) is 5.69 Å². The molecule has 28 heavy (non-hydrogen) atoms. The third-order valence-electron chi connectivity index (χ3n) is 5.16. The van der Waals surface area contributed by atoms with Crippen LogP contribution in [0.3, 0.4) is 0 Å².